The lowest BCUT2D eigenvalue weighted by Crippen LogP contribution is -2.17. The number of hydrogen-bond acceptors (Lipinski definition) is 2. The van der Waals surface area contributed by atoms with Crippen LogP contribution in [0, 0.1) is 0 Å². The van der Waals surface area contributed by atoms with Crippen LogP contribution < -0.4 is 0 Å². The van der Waals surface area contributed by atoms with E-state index >= 15 is 0 Å². The molecule has 1 saturated heterocycles. The second-order valence-electron chi connectivity index (χ2n) is 4.76. The van der Waals surface area contributed by atoms with Crippen molar-refractivity contribution >= 4 is 0 Å². The topological polar surface area (TPSA) is 27.1 Å². The molecule has 1 saturated carbocycles. The summed E-state index contributed by atoms with van der Waals surface area (Å²) in [4.78, 5) is 4.61. The minimum absolute atomic E-state index is 0.622. The van der Waals surface area contributed by atoms with Crippen LogP contribution in [0.15, 0.2) is 6.20 Å². The molecule has 2 aliphatic rings. The quantitative estimate of drug-likeness (QED) is 0.741. The number of nitrogens with zero attached hydrogens (tertiary/aromatic N) is 2. The van der Waals surface area contributed by atoms with Crippen LogP contribution in [0.4, 0.5) is 0 Å². The molecule has 15 heavy (non-hydrogen) atoms. The first-order valence-electron chi connectivity index (χ1n) is 5.95. The first-order chi connectivity index (χ1) is 7.36. The third kappa shape index (κ3) is 1.69. The van der Waals surface area contributed by atoms with E-state index in [4.69, 9.17) is 4.74 Å². The molecule has 1 aliphatic carbocycles. The Hall–Kier alpha value is -0.830. The van der Waals surface area contributed by atoms with Crippen LogP contribution in [0.3, 0.4) is 0 Å². The molecule has 0 N–H and O–H groups in total. The van der Waals surface area contributed by atoms with Gasteiger partial charge in [0, 0.05) is 44.0 Å². The predicted octanol–water partition coefficient (Wildman–Crippen LogP) is 2.19. The van der Waals surface area contributed by atoms with E-state index in [2.05, 4.69) is 22.8 Å². The zero-order chi connectivity index (χ0) is 10.3. The maximum Gasteiger partial charge on any atom is 0.111 e. The van der Waals surface area contributed by atoms with Crippen LogP contribution >= 0.6 is 0 Å². The fourth-order valence-electron chi connectivity index (χ4n) is 2.53. The fourth-order valence-corrected chi connectivity index (χ4v) is 2.53. The molecular formula is C12H18N2O. The van der Waals surface area contributed by atoms with E-state index in [0.717, 1.165) is 32.0 Å². The molecule has 1 aromatic heterocycles. The van der Waals surface area contributed by atoms with Gasteiger partial charge < -0.3 is 9.30 Å². The average Bonchev–Trinajstić information content (AvgIpc) is 3.04. The Morgan fingerprint density at radius 2 is 1.93 bits per heavy atom. The van der Waals surface area contributed by atoms with E-state index in [0.29, 0.717) is 5.92 Å². The number of rotatable bonds is 2. The highest BCUT2D eigenvalue weighted by atomic mass is 16.5. The molecular weight excluding hydrogens is 188 g/mol. The van der Waals surface area contributed by atoms with Gasteiger partial charge in [0.2, 0.25) is 0 Å². The van der Waals surface area contributed by atoms with E-state index in [1.165, 1.54) is 24.4 Å². The Morgan fingerprint density at radius 1 is 1.20 bits per heavy atom. The second-order valence-corrected chi connectivity index (χ2v) is 4.76. The van der Waals surface area contributed by atoms with Gasteiger partial charge in [0.05, 0.1) is 0 Å². The standard InChI is InChI=1S/C12H18N2O/c1-14-11(9-2-3-9)8-13-12(14)10-4-6-15-7-5-10/h8-10H,2-7H2,1H3. The summed E-state index contributed by atoms with van der Waals surface area (Å²) in [7, 11) is 2.17. The van der Waals surface area contributed by atoms with E-state index in [1.807, 2.05) is 0 Å². The summed E-state index contributed by atoms with van der Waals surface area (Å²) in [5, 5.41) is 0. The van der Waals surface area contributed by atoms with Crippen molar-refractivity contribution in [2.75, 3.05) is 13.2 Å². The molecule has 3 rings (SSSR count). The van der Waals surface area contributed by atoms with Crippen molar-refractivity contribution < 1.29 is 4.74 Å². The van der Waals surface area contributed by atoms with Crippen molar-refractivity contribution in [3.05, 3.63) is 17.7 Å². The van der Waals surface area contributed by atoms with Crippen LogP contribution in [0.2, 0.25) is 0 Å². The zero-order valence-corrected chi connectivity index (χ0v) is 9.28. The van der Waals surface area contributed by atoms with Gasteiger partial charge in [-0.15, -0.1) is 0 Å². The Labute approximate surface area is 90.5 Å². The molecule has 1 aromatic rings. The summed E-state index contributed by atoms with van der Waals surface area (Å²) in [5.74, 6) is 2.70. The van der Waals surface area contributed by atoms with Crippen molar-refractivity contribution in [2.24, 2.45) is 7.05 Å². The molecule has 0 spiro atoms. The Kier molecular flexibility index (Phi) is 2.28. The second kappa shape index (κ2) is 3.63. The molecule has 0 aromatic carbocycles. The summed E-state index contributed by atoms with van der Waals surface area (Å²) in [6.07, 6.45) is 7.06. The van der Waals surface area contributed by atoms with Crippen molar-refractivity contribution in [2.45, 2.75) is 37.5 Å². The summed E-state index contributed by atoms with van der Waals surface area (Å²) < 4.78 is 7.72. The molecule has 0 amide bonds. The number of aromatic nitrogens is 2. The van der Waals surface area contributed by atoms with Gasteiger partial charge in [-0.1, -0.05) is 0 Å². The minimum atomic E-state index is 0.622. The molecule has 2 fully saturated rings. The lowest BCUT2D eigenvalue weighted by molar-refractivity contribution is 0.0830. The van der Waals surface area contributed by atoms with Crippen molar-refractivity contribution in [1.82, 2.24) is 9.55 Å². The van der Waals surface area contributed by atoms with Gasteiger partial charge in [0.15, 0.2) is 0 Å². The monoisotopic (exact) mass is 206 g/mol. The van der Waals surface area contributed by atoms with Crippen LogP contribution in [0.1, 0.15) is 49.0 Å². The van der Waals surface area contributed by atoms with Crippen LogP contribution in [-0.4, -0.2) is 22.8 Å². The molecule has 1 aliphatic heterocycles. The Bertz CT molecular complexity index is 349. The van der Waals surface area contributed by atoms with Gasteiger partial charge in [0.25, 0.3) is 0 Å². The summed E-state index contributed by atoms with van der Waals surface area (Å²) in [6.45, 7) is 1.80. The van der Waals surface area contributed by atoms with Gasteiger partial charge >= 0.3 is 0 Å². The third-order valence-corrected chi connectivity index (χ3v) is 3.64. The van der Waals surface area contributed by atoms with Gasteiger partial charge in [0.1, 0.15) is 5.82 Å². The molecule has 0 radical (unpaired) electrons. The maximum absolute atomic E-state index is 5.39. The highest BCUT2D eigenvalue weighted by Crippen LogP contribution is 2.41. The van der Waals surface area contributed by atoms with Gasteiger partial charge in [-0.05, 0) is 25.7 Å². The molecule has 0 unspecified atom stereocenters. The first kappa shape index (κ1) is 9.40. The van der Waals surface area contributed by atoms with E-state index in [-0.39, 0.29) is 0 Å². The molecule has 3 heteroatoms. The van der Waals surface area contributed by atoms with Crippen LogP contribution in [0.25, 0.3) is 0 Å². The summed E-state index contributed by atoms with van der Waals surface area (Å²) in [5.41, 5.74) is 1.44. The maximum atomic E-state index is 5.39. The largest absolute Gasteiger partial charge is 0.381 e. The summed E-state index contributed by atoms with van der Waals surface area (Å²) in [6, 6.07) is 0. The lowest BCUT2D eigenvalue weighted by Gasteiger charge is -2.21. The van der Waals surface area contributed by atoms with E-state index in [1.54, 1.807) is 0 Å². The van der Waals surface area contributed by atoms with Gasteiger partial charge in [-0.25, -0.2) is 4.98 Å². The molecule has 82 valence electrons. The SMILES string of the molecule is Cn1c(C2CC2)cnc1C1CCOCC1. The van der Waals surface area contributed by atoms with E-state index in [9.17, 15) is 0 Å². The smallest absolute Gasteiger partial charge is 0.111 e. The van der Waals surface area contributed by atoms with Crippen LogP contribution in [0.5, 0.6) is 0 Å². The van der Waals surface area contributed by atoms with Gasteiger partial charge in [-0.2, -0.15) is 0 Å². The zero-order valence-electron chi connectivity index (χ0n) is 9.28. The molecule has 0 bridgehead atoms. The highest BCUT2D eigenvalue weighted by Gasteiger charge is 2.29. The Balaban J connectivity index is 1.83. The normalized spacial score (nSPS) is 23.3. The third-order valence-electron chi connectivity index (χ3n) is 3.64. The first-order valence-corrected chi connectivity index (χ1v) is 5.95. The number of hydrogen-bond donors (Lipinski definition) is 0. The van der Waals surface area contributed by atoms with Crippen molar-refractivity contribution in [3.8, 4) is 0 Å². The highest BCUT2D eigenvalue weighted by molar-refractivity contribution is 5.17. The number of ether oxygens (including phenoxy) is 1. The van der Waals surface area contributed by atoms with E-state index < -0.39 is 0 Å². The van der Waals surface area contributed by atoms with Gasteiger partial charge in [-0.3, -0.25) is 0 Å². The average molecular weight is 206 g/mol. The number of imidazole rings is 1. The Morgan fingerprint density at radius 3 is 2.60 bits per heavy atom. The minimum Gasteiger partial charge on any atom is -0.381 e. The fraction of sp³-hybridized carbons (Fsp3) is 0.750. The lowest BCUT2D eigenvalue weighted by atomic mass is 9.99. The molecule has 3 nitrogen and oxygen atoms in total. The van der Waals surface area contributed by atoms with Crippen LogP contribution in [-0.2, 0) is 11.8 Å². The van der Waals surface area contributed by atoms with Crippen molar-refractivity contribution in [3.63, 3.8) is 0 Å². The van der Waals surface area contributed by atoms with Crippen molar-refractivity contribution in [1.29, 1.82) is 0 Å². The molecule has 2 heterocycles. The summed E-state index contributed by atoms with van der Waals surface area (Å²) >= 11 is 0. The predicted molar refractivity (Wildman–Crippen MR) is 58.0 cm³/mol. The molecule has 0 atom stereocenters.